The molecule has 1 aliphatic rings. The number of nitrogens with one attached hydrogen (secondary N) is 2. The van der Waals surface area contributed by atoms with E-state index in [1.165, 1.54) is 12.1 Å². The minimum Gasteiger partial charge on any atom is -0.326 e. The highest BCUT2D eigenvalue weighted by Gasteiger charge is 2.30. The first-order valence-corrected chi connectivity index (χ1v) is 6.85. The van der Waals surface area contributed by atoms with Crippen LogP contribution in [0.4, 0.5) is 18.9 Å². The number of benzene rings is 1. The Hall–Kier alpha value is -1.60. The summed E-state index contributed by atoms with van der Waals surface area (Å²) in [6.07, 6.45) is -4.13. The van der Waals surface area contributed by atoms with Crippen LogP contribution in [0.25, 0.3) is 0 Å². The summed E-state index contributed by atoms with van der Waals surface area (Å²) in [5.74, 6) is -0.271. The second-order valence-electron chi connectivity index (χ2n) is 4.97. The second kappa shape index (κ2) is 6.91. The van der Waals surface area contributed by atoms with E-state index >= 15 is 0 Å². The Morgan fingerprint density at radius 3 is 2.67 bits per heavy atom. The summed E-state index contributed by atoms with van der Waals surface area (Å²) in [6.45, 7) is 4.19. The smallest absolute Gasteiger partial charge is 0.326 e. The molecule has 0 spiro atoms. The molecule has 7 heteroatoms. The molecule has 1 aromatic rings. The molecule has 1 aliphatic heterocycles. The number of nitrogens with zero attached hydrogens (tertiary/aromatic N) is 1. The van der Waals surface area contributed by atoms with Crippen LogP contribution in [-0.2, 0) is 11.0 Å². The van der Waals surface area contributed by atoms with Gasteiger partial charge in [0.15, 0.2) is 0 Å². The summed E-state index contributed by atoms with van der Waals surface area (Å²) in [7, 11) is 0. The van der Waals surface area contributed by atoms with Gasteiger partial charge in [-0.3, -0.25) is 4.79 Å². The lowest BCUT2D eigenvalue weighted by Crippen LogP contribution is -2.44. The zero-order chi connectivity index (χ0) is 15.3. The number of carbonyl (C=O) groups is 1. The number of hydrogen-bond donors (Lipinski definition) is 2. The largest absolute Gasteiger partial charge is 0.416 e. The second-order valence-corrected chi connectivity index (χ2v) is 4.97. The van der Waals surface area contributed by atoms with Crippen molar-refractivity contribution in [3.05, 3.63) is 29.8 Å². The molecule has 21 heavy (non-hydrogen) atoms. The Bertz CT molecular complexity index is 485. The molecular weight excluding hydrogens is 283 g/mol. The number of piperazine rings is 1. The summed E-state index contributed by atoms with van der Waals surface area (Å²) in [5, 5.41) is 5.73. The molecule has 0 radical (unpaired) electrons. The third kappa shape index (κ3) is 5.02. The SMILES string of the molecule is O=C(CCN1CCNCC1)Nc1cccc(C(F)(F)F)c1. The van der Waals surface area contributed by atoms with Crippen LogP contribution in [0.1, 0.15) is 12.0 Å². The number of anilines is 1. The van der Waals surface area contributed by atoms with E-state index in [-0.39, 0.29) is 18.0 Å². The van der Waals surface area contributed by atoms with E-state index in [2.05, 4.69) is 15.5 Å². The van der Waals surface area contributed by atoms with E-state index in [0.717, 1.165) is 38.3 Å². The van der Waals surface area contributed by atoms with Crippen LogP contribution >= 0.6 is 0 Å². The third-order valence-corrected chi connectivity index (χ3v) is 3.34. The molecule has 1 saturated heterocycles. The van der Waals surface area contributed by atoms with Crippen LogP contribution in [0.3, 0.4) is 0 Å². The van der Waals surface area contributed by atoms with Crippen LogP contribution < -0.4 is 10.6 Å². The van der Waals surface area contributed by atoms with Crippen molar-refractivity contribution in [1.29, 1.82) is 0 Å². The van der Waals surface area contributed by atoms with Crippen molar-refractivity contribution in [3.63, 3.8) is 0 Å². The van der Waals surface area contributed by atoms with Crippen molar-refractivity contribution in [2.45, 2.75) is 12.6 Å². The zero-order valence-electron chi connectivity index (χ0n) is 11.5. The van der Waals surface area contributed by atoms with Gasteiger partial charge in [0.1, 0.15) is 0 Å². The molecule has 116 valence electrons. The van der Waals surface area contributed by atoms with Gasteiger partial charge in [-0.15, -0.1) is 0 Å². The maximum absolute atomic E-state index is 12.6. The highest BCUT2D eigenvalue weighted by Crippen LogP contribution is 2.30. The van der Waals surface area contributed by atoms with Gasteiger partial charge in [0.2, 0.25) is 5.91 Å². The monoisotopic (exact) mass is 301 g/mol. The lowest BCUT2D eigenvalue weighted by Gasteiger charge is -2.26. The van der Waals surface area contributed by atoms with E-state index in [4.69, 9.17) is 0 Å². The molecule has 0 aliphatic carbocycles. The van der Waals surface area contributed by atoms with Crippen molar-refractivity contribution < 1.29 is 18.0 Å². The van der Waals surface area contributed by atoms with Crippen molar-refractivity contribution in [2.75, 3.05) is 38.0 Å². The number of carbonyl (C=O) groups excluding carboxylic acids is 1. The molecular formula is C14H18F3N3O. The minimum absolute atomic E-state index is 0.176. The van der Waals surface area contributed by atoms with Crippen LogP contribution in [0, 0.1) is 0 Å². The topological polar surface area (TPSA) is 44.4 Å². The predicted octanol–water partition coefficient (Wildman–Crippen LogP) is 1.94. The normalized spacial score (nSPS) is 16.7. The highest BCUT2D eigenvalue weighted by atomic mass is 19.4. The fourth-order valence-electron chi connectivity index (χ4n) is 2.19. The lowest BCUT2D eigenvalue weighted by atomic mass is 10.2. The fraction of sp³-hybridized carbons (Fsp3) is 0.500. The van der Waals surface area contributed by atoms with Crippen LogP contribution in [0.5, 0.6) is 0 Å². The van der Waals surface area contributed by atoms with Crippen molar-refractivity contribution in [2.24, 2.45) is 0 Å². The van der Waals surface area contributed by atoms with E-state index in [1.54, 1.807) is 0 Å². The average molecular weight is 301 g/mol. The van der Waals surface area contributed by atoms with Gasteiger partial charge in [-0.05, 0) is 18.2 Å². The lowest BCUT2D eigenvalue weighted by molar-refractivity contribution is -0.137. The first-order chi connectivity index (χ1) is 9.95. The van der Waals surface area contributed by atoms with Gasteiger partial charge in [0.25, 0.3) is 0 Å². The molecule has 0 aromatic heterocycles. The van der Waals surface area contributed by atoms with Crippen LogP contribution in [-0.4, -0.2) is 43.5 Å². The summed E-state index contributed by atoms with van der Waals surface area (Å²) in [6, 6.07) is 4.67. The van der Waals surface area contributed by atoms with E-state index in [0.29, 0.717) is 6.54 Å². The van der Waals surface area contributed by atoms with Gasteiger partial charge < -0.3 is 15.5 Å². The van der Waals surface area contributed by atoms with Gasteiger partial charge in [-0.25, -0.2) is 0 Å². The Morgan fingerprint density at radius 1 is 1.29 bits per heavy atom. The molecule has 4 nitrogen and oxygen atoms in total. The number of rotatable bonds is 4. The molecule has 0 unspecified atom stereocenters. The van der Waals surface area contributed by atoms with Crippen LogP contribution in [0.2, 0.25) is 0 Å². The molecule has 1 heterocycles. The standard InChI is InChI=1S/C14H18F3N3O/c15-14(16,17)11-2-1-3-12(10-11)19-13(21)4-7-20-8-5-18-6-9-20/h1-3,10,18H,4-9H2,(H,19,21). The number of halogens is 3. The maximum atomic E-state index is 12.6. The fourth-order valence-corrected chi connectivity index (χ4v) is 2.19. The third-order valence-electron chi connectivity index (χ3n) is 3.34. The first kappa shape index (κ1) is 15.8. The molecule has 0 bridgehead atoms. The van der Waals surface area contributed by atoms with Gasteiger partial charge in [0, 0.05) is 44.8 Å². The summed E-state index contributed by atoms with van der Waals surface area (Å²) >= 11 is 0. The molecule has 2 rings (SSSR count). The molecule has 1 aromatic carbocycles. The average Bonchev–Trinajstić information content (AvgIpc) is 2.46. The van der Waals surface area contributed by atoms with Crippen LogP contribution in [0.15, 0.2) is 24.3 Å². The zero-order valence-corrected chi connectivity index (χ0v) is 11.5. The van der Waals surface area contributed by atoms with Crippen molar-refractivity contribution >= 4 is 11.6 Å². The van der Waals surface area contributed by atoms with Gasteiger partial charge in [-0.1, -0.05) is 6.07 Å². The summed E-state index contributed by atoms with van der Waals surface area (Å²) in [5.41, 5.74) is -0.586. The van der Waals surface area contributed by atoms with Gasteiger partial charge >= 0.3 is 6.18 Å². The Kier molecular flexibility index (Phi) is 5.19. The summed E-state index contributed by atoms with van der Waals surface area (Å²) < 4.78 is 37.7. The predicted molar refractivity (Wildman–Crippen MR) is 74.0 cm³/mol. The minimum atomic E-state index is -4.40. The van der Waals surface area contributed by atoms with Crippen molar-refractivity contribution in [3.8, 4) is 0 Å². The Morgan fingerprint density at radius 2 is 2.00 bits per heavy atom. The Labute approximate surface area is 121 Å². The van der Waals surface area contributed by atoms with Gasteiger partial charge in [-0.2, -0.15) is 13.2 Å². The molecule has 2 N–H and O–H groups in total. The van der Waals surface area contributed by atoms with Crippen molar-refractivity contribution in [1.82, 2.24) is 10.2 Å². The molecule has 0 saturated carbocycles. The number of hydrogen-bond acceptors (Lipinski definition) is 3. The highest BCUT2D eigenvalue weighted by molar-refractivity contribution is 5.90. The summed E-state index contributed by atoms with van der Waals surface area (Å²) in [4.78, 5) is 13.9. The first-order valence-electron chi connectivity index (χ1n) is 6.85. The Balaban J connectivity index is 1.84. The number of amides is 1. The van der Waals surface area contributed by atoms with E-state index < -0.39 is 11.7 Å². The maximum Gasteiger partial charge on any atom is 0.416 e. The number of alkyl halides is 3. The quantitative estimate of drug-likeness (QED) is 0.893. The molecule has 1 amide bonds. The molecule has 0 atom stereocenters. The molecule has 1 fully saturated rings. The van der Waals surface area contributed by atoms with E-state index in [1.807, 2.05) is 0 Å². The van der Waals surface area contributed by atoms with Gasteiger partial charge in [0.05, 0.1) is 5.56 Å². The van der Waals surface area contributed by atoms with E-state index in [9.17, 15) is 18.0 Å².